The molecular weight excluding hydrogens is 202 g/mol. The van der Waals surface area contributed by atoms with Crippen molar-refractivity contribution in [2.75, 3.05) is 23.8 Å². The van der Waals surface area contributed by atoms with E-state index >= 15 is 0 Å². The summed E-state index contributed by atoms with van der Waals surface area (Å²) >= 11 is 0. The molecule has 1 N–H and O–H groups in total. The van der Waals surface area contributed by atoms with Crippen molar-refractivity contribution >= 4 is 11.6 Å². The Morgan fingerprint density at radius 3 is 2.94 bits per heavy atom. The Kier molecular flexibility index (Phi) is 4.52. The molecule has 0 fully saturated rings. The van der Waals surface area contributed by atoms with Crippen LogP contribution in [0, 0.1) is 11.3 Å². The Bertz CT molecular complexity index is 371. The van der Waals surface area contributed by atoms with E-state index in [-0.39, 0.29) is 6.04 Å². The van der Waals surface area contributed by atoms with Crippen molar-refractivity contribution in [3.63, 3.8) is 0 Å². The molecule has 0 saturated carbocycles. The van der Waals surface area contributed by atoms with E-state index in [4.69, 9.17) is 5.26 Å². The van der Waals surface area contributed by atoms with Gasteiger partial charge in [-0.15, -0.1) is 0 Å². The molecule has 1 heterocycles. The fourth-order valence-electron chi connectivity index (χ4n) is 1.29. The molecule has 1 unspecified atom stereocenters. The first-order chi connectivity index (χ1) is 7.69. The second-order valence-corrected chi connectivity index (χ2v) is 3.62. The third-order valence-corrected chi connectivity index (χ3v) is 2.39. The van der Waals surface area contributed by atoms with Crippen LogP contribution in [0.25, 0.3) is 0 Å². The van der Waals surface area contributed by atoms with Gasteiger partial charge < -0.3 is 10.2 Å². The standard InChI is InChI=1S/C11H17N5/c1-4-14-10-7-13-8-11(15-10)16(3)9(2)5-6-12/h7-9H,4-5H2,1-3H3,(H,14,15). The monoisotopic (exact) mass is 219 g/mol. The largest absolute Gasteiger partial charge is 0.369 e. The van der Waals surface area contributed by atoms with E-state index in [1.807, 2.05) is 25.8 Å². The third-order valence-electron chi connectivity index (χ3n) is 2.39. The minimum Gasteiger partial charge on any atom is -0.369 e. The van der Waals surface area contributed by atoms with Crippen LogP contribution < -0.4 is 10.2 Å². The van der Waals surface area contributed by atoms with Gasteiger partial charge in [-0.2, -0.15) is 5.26 Å². The van der Waals surface area contributed by atoms with Crippen LogP contribution in [0.5, 0.6) is 0 Å². The minimum absolute atomic E-state index is 0.135. The normalized spacial score (nSPS) is 11.6. The van der Waals surface area contributed by atoms with Crippen LogP contribution in [0.1, 0.15) is 20.3 Å². The number of aromatic nitrogens is 2. The van der Waals surface area contributed by atoms with Gasteiger partial charge in [0.2, 0.25) is 0 Å². The molecule has 0 amide bonds. The Labute approximate surface area is 96.1 Å². The fourth-order valence-corrected chi connectivity index (χ4v) is 1.29. The van der Waals surface area contributed by atoms with E-state index in [2.05, 4.69) is 21.4 Å². The van der Waals surface area contributed by atoms with E-state index in [1.165, 1.54) is 0 Å². The SMILES string of the molecule is CCNc1cncc(N(C)C(C)CC#N)n1. The molecule has 0 saturated heterocycles. The van der Waals surface area contributed by atoms with Crippen molar-refractivity contribution in [2.45, 2.75) is 26.3 Å². The zero-order valence-electron chi connectivity index (χ0n) is 9.94. The number of anilines is 2. The summed E-state index contributed by atoms with van der Waals surface area (Å²) in [5.41, 5.74) is 0. The molecule has 1 aromatic rings. The maximum absolute atomic E-state index is 8.65. The highest BCUT2D eigenvalue weighted by Gasteiger charge is 2.11. The Morgan fingerprint density at radius 1 is 1.56 bits per heavy atom. The summed E-state index contributed by atoms with van der Waals surface area (Å²) in [7, 11) is 1.92. The van der Waals surface area contributed by atoms with Gasteiger partial charge in [0.1, 0.15) is 11.6 Å². The highest BCUT2D eigenvalue weighted by atomic mass is 15.2. The van der Waals surface area contributed by atoms with Crippen molar-refractivity contribution in [1.29, 1.82) is 5.26 Å². The second kappa shape index (κ2) is 5.91. The summed E-state index contributed by atoms with van der Waals surface area (Å²) in [6.45, 7) is 4.82. The number of nitriles is 1. The summed E-state index contributed by atoms with van der Waals surface area (Å²) in [6.07, 6.45) is 3.87. The van der Waals surface area contributed by atoms with Gasteiger partial charge in [-0.05, 0) is 13.8 Å². The first-order valence-corrected chi connectivity index (χ1v) is 5.34. The van der Waals surface area contributed by atoms with E-state index < -0.39 is 0 Å². The number of rotatable bonds is 5. The predicted octanol–water partition coefficient (Wildman–Crippen LogP) is 1.65. The zero-order chi connectivity index (χ0) is 12.0. The molecule has 16 heavy (non-hydrogen) atoms. The summed E-state index contributed by atoms with van der Waals surface area (Å²) in [4.78, 5) is 10.5. The number of nitrogens with zero attached hydrogens (tertiary/aromatic N) is 4. The lowest BCUT2D eigenvalue weighted by Crippen LogP contribution is -2.29. The lowest BCUT2D eigenvalue weighted by atomic mass is 10.2. The van der Waals surface area contributed by atoms with Crippen LogP contribution in [-0.4, -0.2) is 29.6 Å². The summed E-state index contributed by atoms with van der Waals surface area (Å²) in [5.74, 6) is 1.54. The highest BCUT2D eigenvalue weighted by molar-refractivity contribution is 5.43. The van der Waals surface area contributed by atoms with E-state index in [1.54, 1.807) is 12.4 Å². The molecule has 86 valence electrons. The quantitative estimate of drug-likeness (QED) is 0.815. The van der Waals surface area contributed by atoms with Crippen LogP contribution in [0.4, 0.5) is 11.6 Å². The summed E-state index contributed by atoms with van der Waals surface area (Å²) in [6, 6.07) is 2.29. The van der Waals surface area contributed by atoms with Crippen molar-refractivity contribution in [1.82, 2.24) is 9.97 Å². The predicted molar refractivity (Wildman–Crippen MR) is 64.3 cm³/mol. The zero-order valence-corrected chi connectivity index (χ0v) is 9.94. The first-order valence-electron chi connectivity index (χ1n) is 5.34. The Hall–Kier alpha value is -1.83. The summed E-state index contributed by atoms with van der Waals surface area (Å²) in [5, 5.41) is 11.8. The fraction of sp³-hybridized carbons (Fsp3) is 0.545. The van der Waals surface area contributed by atoms with Gasteiger partial charge in [0.05, 0.1) is 24.9 Å². The Balaban J connectivity index is 2.79. The van der Waals surface area contributed by atoms with Crippen LogP contribution in [0.3, 0.4) is 0 Å². The van der Waals surface area contributed by atoms with Crippen LogP contribution in [0.2, 0.25) is 0 Å². The third kappa shape index (κ3) is 3.09. The smallest absolute Gasteiger partial charge is 0.149 e. The van der Waals surface area contributed by atoms with Gasteiger partial charge in [-0.1, -0.05) is 0 Å². The van der Waals surface area contributed by atoms with Gasteiger partial charge in [0, 0.05) is 19.6 Å². The molecule has 5 nitrogen and oxygen atoms in total. The Morgan fingerprint density at radius 2 is 2.31 bits per heavy atom. The van der Waals surface area contributed by atoms with Gasteiger partial charge in [0.15, 0.2) is 0 Å². The van der Waals surface area contributed by atoms with E-state index in [0.717, 1.165) is 18.2 Å². The van der Waals surface area contributed by atoms with Gasteiger partial charge >= 0.3 is 0 Å². The number of hydrogen-bond acceptors (Lipinski definition) is 5. The lowest BCUT2D eigenvalue weighted by molar-refractivity contribution is 0.692. The van der Waals surface area contributed by atoms with E-state index in [9.17, 15) is 0 Å². The topological polar surface area (TPSA) is 64.8 Å². The molecule has 0 bridgehead atoms. The maximum atomic E-state index is 8.65. The molecular formula is C11H17N5. The molecule has 0 aromatic carbocycles. The van der Waals surface area contributed by atoms with Gasteiger partial charge in [0.25, 0.3) is 0 Å². The average molecular weight is 219 g/mol. The van der Waals surface area contributed by atoms with Crippen molar-refractivity contribution in [3.8, 4) is 6.07 Å². The van der Waals surface area contributed by atoms with E-state index in [0.29, 0.717) is 6.42 Å². The second-order valence-electron chi connectivity index (χ2n) is 3.62. The first kappa shape index (κ1) is 12.2. The van der Waals surface area contributed by atoms with Crippen LogP contribution in [0.15, 0.2) is 12.4 Å². The highest BCUT2D eigenvalue weighted by Crippen LogP contribution is 2.14. The van der Waals surface area contributed by atoms with Gasteiger partial charge in [-0.3, -0.25) is 4.98 Å². The number of nitrogens with one attached hydrogen (secondary N) is 1. The molecule has 1 rings (SSSR count). The molecule has 1 atom stereocenters. The molecule has 0 aliphatic heterocycles. The molecule has 0 aliphatic carbocycles. The van der Waals surface area contributed by atoms with Gasteiger partial charge in [-0.25, -0.2) is 4.98 Å². The van der Waals surface area contributed by atoms with Crippen molar-refractivity contribution in [2.24, 2.45) is 0 Å². The maximum Gasteiger partial charge on any atom is 0.149 e. The molecule has 1 aromatic heterocycles. The average Bonchev–Trinajstić information content (AvgIpc) is 2.29. The molecule has 0 aliphatic rings. The molecule has 5 heteroatoms. The van der Waals surface area contributed by atoms with Crippen molar-refractivity contribution < 1.29 is 0 Å². The molecule has 0 spiro atoms. The van der Waals surface area contributed by atoms with Crippen LogP contribution in [-0.2, 0) is 0 Å². The lowest BCUT2D eigenvalue weighted by Gasteiger charge is -2.23. The van der Waals surface area contributed by atoms with Crippen molar-refractivity contribution in [3.05, 3.63) is 12.4 Å². The number of hydrogen-bond donors (Lipinski definition) is 1. The van der Waals surface area contributed by atoms with Crippen LogP contribution >= 0.6 is 0 Å². The minimum atomic E-state index is 0.135. The molecule has 0 radical (unpaired) electrons. The summed E-state index contributed by atoms with van der Waals surface area (Å²) < 4.78 is 0.